The average Bonchev–Trinajstić information content (AvgIpc) is 2.78. The highest BCUT2D eigenvalue weighted by molar-refractivity contribution is 5.97. The van der Waals surface area contributed by atoms with Crippen LogP contribution in [0.3, 0.4) is 0 Å². The Morgan fingerprint density at radius 3 is 3.06 bits per heavy atom. The predicted molar refractivity (Wildman–Crippen MR) is 62.9 cm³/mol. The molecule has 0 amide bonds. The van der Waals surface area contributed by atoms with E-state index in [1.807, 2.05) is 24.3 Å². The summed E-state index contributed by atoms with van der Waals surface area (Å²) in [6.45, 7) is 1.25. The van der Waals surface area contributed by atoms with Gasteiger partial charge in [0, 0.05) is 0 Å². The molecule has 0 bridgehead atoms. The lowest BCUT2D eigenvalue weighted by Gasteiger charge is -2.06. The second-order valence-electron chi connectivity index (χ2n) is 3.68. The standard InChI is InChI=1S/C12H16N2O2/c1-15-11-5-3-2-4-10(11)12-14-9(6-7-13)8-16-12/h2-5,9H,6-8,13H2,1H3. The molecule has 16 heavy (non-hydrogen) atoms. The second kappa shape index (κ2) is 4.99. The highest BCUT2D eigenvalue weighted by atomic mass is 16.5. The topological polar surface area (TPSA) is 56.8 Å². The summed E-state index contributed by atoms with van der Waals surface area (Å²) in [5.74, 6) is 1.45. The van der Waals surface area contributed by atoms with Crippen molar-refractivity contribution >= 4 is 5.90 Å². The first-order valence-corrected chi connectivity index (χ1v) is 5.39. The Hall–Kier alpha value is -1.55. The fourth-order valence-corrected chi connectivity index (χ4v) is 1.72. The van der Waals surface area contributed by atoms with Crippen LogP contribution in [-0.2, 0) is 4.74 Å². The van der Waals surface area contributed by atoms with Gasteiger partial charge >= 0.3 is 0 Å². The van der Waals surface area contributed by atoms with Crippen molar-refractivity contribution in [2.24, 2.45) is 10.7 Å². The molecular formula is C12H16N2O2. The number of para-hydroxylation sites is 1. The number of hydrogen-bond acceptors (Lipinski definition) is 4. The summed E-state index contributed by atoms with van der Waals surface area (Å²) >= 11 is 0. The Kier molecular flexibility index (Phi) is 3.41. The summed E-state index contributed by atoms with van der Waals surface area (Å²) in [5.41, 5.74) is 6.41. The molecule has 0 spiro atoms. The van der Waals surface area contributed by atoms with Gasteiger partial charge in [-0.2, -0.15) is 0 Å². The Balaban J connectivity index is 2.21. The van der Waals surface area contributed by atoms with Gasteiger partial charge in [-0.3, -0.25) is 0 Å². The van der Waals surface area contributed by atoms with E-state index < -0.39 is 0 Å². The fraction of sp³-hybridized carbons (Fsp3) is 0.417. The van der Waals surface area contributed by atoms with Crippen LogP contribution in [0, 0.1) is 0 Å². The minimum absolute atomic E-state index is 0.185. The van der Waals surface area contributed by atoms with Crippen LogP contribution in [0.4, 0.5) is 0 Å². The van der Waals surface area contributed by atoms with E-state index in [1.54, 1.807) is 7.11 Å². The van der Waals surface area contributed by atoms with Crippen LogP contribution in [-0.4, -0.2) is 32.2 Å². The number of rotatable bonds is 4. The van der Waals surface area contributed by atoms with Gasteiger partial charge in [0.05, 0.1) is 18.7 Å². The molecule has 1 atom stereocenters. The molecular weight excluding hydrogens is 204 g/mol. The van der Waals surface area contributed by atoms with Crippen LogP contribution < -0.4 is 10.5 Å². The van der Waals surface area contributed by atoms with Crippen LogP contribution in [0.1, 0.15) is 12.0 Å². The fourth-order valence-electron chi connectivity index (χ4n) is 1.72. The molecule has 0 radical (unpaired) electrons. The van der Waals surface area contributed by atoms with Crippen molar-refractivity contribution < 1.29 is 9.47 Å². The summed E-state index contributed by atoms with van der Waals surface area (Å²) in [6, 6.07) is 7.90. The molecule has 0 saturated heterocycles. The van der Waals surface area contributed by atoms with Gasteiger partial charge in [0.2, 0.25) is 5.90 Å². The molecule has 4 heteroatoms. The van der Waals surface area contributed by atoms with Crippen molar-refractivity contribution in [3.05, 3.63) is 29.8 Å². The smallest absolute Gasteiger partial charge is 0.220 e. The zero-order valence-electron chi connectivity index (χ0n) is 9.35. The first-order chi connectivity index (χ1) is 7.85. The lowest BCUT2D eigenvalue weighted by Crippen LogP contribution is -2.12. The molecule has 0 saturated carbocycles. The molecule has 1 aromatic carbocycles. The van der Waals surface area contributed by atoms with E-state index in [0.717, 1.165) is 17.7 Å². The van der Waals surface area contributed by atoms with Crippen LogP contribution >= 0.6 is 0 Å². The van der Waals surface area contributed by atoms with E-state index >= 15 is 0 Å². The maximum Gasteiger partial charge on any atom is 0.220 e. The average molecular weight is 220 g/mol. The summed E-state index contributed by atoms with van der Waals surface area (Å²) in [5, 5.41) is 0. The Morgan fingerprint density at radius 2 is 2.31 bits per heavy atom. The van der Waals surface area contributed by atoms with Gasteiger partial charge in [-0.1, -0.05) is 12.1 Å². The first kappa shape index (κ1) is 11.0. The third-order valence-electron chi connectivity index (χ3n) is 2.55. The van der Waals surface area contributed by atoms with Crippen molar-refractivity contribution in [1.82, 2.24) is 0 Å². The highest BCUT2D eigenvalue weighted by Gasteiger charge is 2.21. The molecule has 2 rings (SSSR count). The Bertz CT molecular complexity index is 390. The van der Waals surface area contributed by atoms with Gasteiger partial charge in [0.25, 0.3) is 0 Å². The number of nitrogens with two attached hydrogens (primary N) is 1. The van der Waals surface area contributed by atoms with Crippen LogP contribution in [0.25, 0.3) is 0 Å². The highest BCUT2D eigenvalue weighted by Crippen LogP contribution is 2.22. The van der Waals surface area contributed by atoms with Crippen molar-refractivity contribution in [3.8, 4) is 5.75 Å². The number of hydrogen-bond donors (Lipinski definition) is 1. The van der Waals surface area contributed by atoms with E-state index in [-0.39, 0.29) is 6.04 Å². The first-order valence-electron chi connectivity index (χ1n) is 5.39. The summed E-state index contributed by atoms with van der Waals surface area (Å²) in [6.07, 6.45) is 0.860. The van der Waals surface area contributed by atoms with E-state index in [4.69, 9.17) is 15.2 Å². The van der Waals surface area contributed by atoms with Crippen molar-refractivity contribution in [1.29, 1.82) is 0 Å². The largest absolute Gasteiger partial charge is 0.496 e. The third-order valence-corrected chi connectivity index (χ3v) is 2.55. The normalized spacial score (nSPS) is 19.1. The summed E-state index contributed by atoms with van der Waals surface area (Å²) < 4.78 is 10.8. The second-order valence-corrected chi connectivity index (χ2v) is 3.68. The number of ether oxygens (including phenoxy) is 2. The van der Waals surface area contributed by atoms with Crippen LogP contribution in [0.2, 0.25) is 0 Å². The molecule has 1 aliphatic heterocycles. The number of benzene rings is 1. The Labute approximate surface area is 95.1 Å². The SMILES string of the molecule is COc1ccccc1C1=NC(CCN)CO1. The maximum atomic E-state index is 5.56. The minimum Gasteiger partial charge on any atom is -0.496 e. The lowest BCUT2D eigenvalue weighted by atomic mass is 10.2. The van der Waals surface area contributed by atoms with Gasteiger partial charge in [0.1, 0.15) is 12.4 Å². The molecule has 86 valence electrons. The van der Waals surface area contributed by atoms with Gasteiger partial charge in [-0.05, 0) is 25.1 Å². The Morgan fingerprint density at radius 1 is 1.50 bits per heavy atom. The van der Waals surface area contributed by atoms with Gasteiger partial charge in [0.15, 0.2) is 0 Å². The number of aliphatic imine (C=N–C) groups is 1. The number of methoxy groups -OCH3 is 1. The van der Waals surface area contributed by atoms with E-state index in [2.05, 4.69) is 4.99 Å². The molecule has 4 nitrogen and oxygen atoms in total. The predicted octanol–water partition coefficient (Wildman–Crippen LogP) is 1.19. The molecule has 0 aromatic heterocycles. The quantitative estimate of drug-likeness (QED) is 0.829. The molecule has 0 fully saturated rings. The van der Waals surface area contributed by atoms with Crippen molar-refractivity contribution in [2.75, 3.05) is 20.3 Å². The van der Waals surface area contributed by atoms with Gasteiger partial charge in [-0.25, -0.2) is 4.99 Å². The minimum atomic E-state index is 0.185. The molecule has 2 N–H and O–H groups in total. The molecule has 1 unspecified atom stereocenters. The van der Waals surface area contributed by atoms with Crippen molar-refractivity contribution in [3.63, 3.8) is 0 Å². The molecule has 0 aliphatic carbocycles. The van der Waals surface area contributed by atoms with Crippen LogP contribution in [0.15, 0.2) is 29.3 Å². The van der Waals surface area contributed by atoms with E-state index in [1.165, 1.54) is 0 Å². The van der Waals surface area contributed by atoms with Crippen LogP contribution in [0.5, 0.6) is 5.75 Å². The number of nitrogens with zero attached hydrogens (tertiary/aromatic N) is 1. The zero-order valence-corrected chi connectivity index (χ0v) is 9.35. The monoisotopic (exact) mass is 220 g/mol. The molecule has 1 heterocycles. The lowest BCUT2D eigenvalue weighted by molar-refractivity contribution is 0.311. The maximum absolute atomic E-state index is 5.56. The van der Waals surface area contributed by atoms with E-state index in [0.29, 0.717) is 19.0 Å². The molecule has 1 aromatic rings. The van der Waals surface area contributed by atoms with E-state index in [9.17, 15) is 0 Å². The van der Waals surface area contributed by atoms with Gasteiger partial charge in [-0.15, -0.1) is 0 Å². The molecule has 1 aliphatic rings. The van der Waals surface area contributed by atoms with Gasteiger partial charge < -0.3 is 15.2 Å². The zero-order chi connectivity index (χ0) is 11.4. The summed E-state index contributed by atoms with van der Waals surface area (Å²) in [4.78, 5) is 4.49. The van der Waals surface area contributed by atoms with Crippen molar-refractivity contribution in [2.45, 2.75) is 12.5 Å². The third kappa shape index (κ3) is 2.17. The summed E-state index contributed by atoms with van der Waals surface area (Å²) in [7, 11) is 1.64.